The maximum Gasteiger partial charge on any atom is 0.251 e. The second-order valence-corrected chi connectivity index (χ2v) is 11.3. The molecule has 3 N–H and O–H groups in total. The highest BCUT2D eigenvalue weighted by molar-refractivity contribution is 5.98. The molecule has 7 nitrogen and oxygen atoms in total. The maximum atomic E-state index is 13.3. The van der Waals surface area contributed by atoms with Gasteiger partial charge in [-0.1, -0.05) is 47.5 Å². The number of ether oxygens (including phenoxy) is 1. The Labute approximate surface area is 203 Å². The Bertz CT molecular complexity index is 914. The zero-order valence-electron chi connectivity index (χ0n) is 21.2. The van der Waals surface area contributed by atoms with E-state index in [2.05, 4.69) is 17.6 Å². The zero-order chi connectivity index (χ0) is 25.1. The molecule has 1 saturated carbocycles. The summed E-state index contributed by atoms with van der Waals surface area (Å²) in [7, 11) is 0. The Morgan fingerprint density at radius 2 is 1.91 bits per heavy atom. The first-order valence-corrected chi connectivity index (χ1v) is 12.5. The fraction of sp³-hybridized carbons (Fsp3) is 0.667. The van der Waals surface area contributed by atoms with Crippen molar-refractivity contribution in [2.75, 3.05) is 13.2 Å². The van der Waals surface area contributed by atoms with E-state index in [4.69, 9.17) is 4.74 Å². The van der Waals surface area contributed by atoms with Crippen LogP contribution in [0.2, 0.25) is 0 Å². The number of phenolic OH excluding ortho intramolecular Hbond substituents is 1. The minimum Gasteiger partial charge on any atom is -0.508 e. The van der Waals surface area contributed by atoms with Gasteiger partial charge in [-0.15, -0.1) is 0 Å². The smallest absolute Gasteiger partial charge is 0.251 e. The van der Waals surface area contributed by atoms with Crippen molar-refractivity contribution in [2.24, 2.45) is 11.3 Å². The second kappa shape index (κ2) is 10.5. The first kappa shape index (κ1) is 26.2. The lowest BCUT2D eigenvalue weighted by Gasteiger charge is -2.30. The predicted molar refractivity (Wildman–Crippen MR) is 131 cm³/mol. The van der Waals surface area contributed by atoms with Gasteiger partial charge in [-0.2, -0.15) is 0 Å². The van der Waals surface area contributed by atoms with Gasteiger partial charge in [0.05, 0.1) is 12.0 Å². The van der Waals surface area contributed by atoms with Crippen LogP contribution in [0.5, 0.6) is 5.75 Å². The Balaban J connectivity index is 1.76. The third-order valence-corrected chi connectivity index (χ3v) is 7.40. The summed E-state index contributed by atoms with van der Waals surface area (Å²) >= 11 is 0. The predicted octanol–water partition coefficient (Wildman–Crippen LogP) is 3.87. The van der Waals surface area contributed by atoms with E-state index < -0.39 is 6.04 Å². The van der Waals surface area contributed by atoms with Crippen molar-refractivity contribution in [3.8, 4) is 5.75 Å². The average molecular weight is 473 g/mol. The molecular weight excluding hydrogens is 432 g/mol. The summed E-state index contributed by atoms with van der Waals surface area (Å²) < 4.78 is 5.52. The molecule has 7 heteroatoms. The van der Waals surface area contributed by atoms with Gasteiger partial charge in [0.2, 0.25) is 5.91 Å². The Hall–Kier alpha value is -2.41. The van der Waals surface area contributed by atoms with Crippen LogP contribution in [-0.2, 0) is 19.7 Å². The molecule has 1 heterocycles. The molecule has 34 heavy (non-hydrogen) atoms. The summed E-state index contributed by atoms with van der Waals surface area (Å²) in [5.74, 6) is -0.816. The molecule has 0 aromatic heterocycles. The van der Waals surface area contributed by atoms with E-state index in [0.717, 1.165) is 25.7 Å². The van der Waals surface area contributed by atoms with Crippen LogP contribution < -0.4 is 10.6 Å². The number of phenols is 1. The fourth-order valence-corrected chi connectivity index (χ4v) is 5.26. The zero-order valence-corrected chi connectivity index (χ0v) is 21.2. The number of rotatable bonds is 8. The van der Waals surface area contributed by atoms with Crippen molar-refractivity contribution in [2.45, 2.75) is 90.7 Å². The van der Waals surface area contributed by atoms with E-state index in [1.807, 2.05) is 27.7 Å². The molecule has 2 amide bonds. The van der Waals surface area contributed by atoms with E-state index >= 15 is 0 Å². The molecule has 2 aliphatic rings. The van der Waals surface area contributed by atoms with E-state index in [0.29, 0.717) is 24.0 Å². The molecule has 188 valence electrons. The molecule has 1 aliphatic heterocycles. The van der Waals surface area contributed by atoms with E-state index in [9.17, 15) is 19.5 Å². The molecule has 1 unspecified atom stereocenters. The summed E-state index contributed by atoms with van der Waals surface area (Å²) in [5.41, 5.74) is 0.732. The van der Waals surface area contributed by atoms with Crippen LogP contribution in [0.4, 0.5) is 0 Å². The van der Waals surface area contributed by atoms with Gasteiger partial charge in [0.25, 0.3) is 5.91 Å². The number of aromatic hydroxyl groups is 1. The lowest BCUT2D eigenvalue weighted by atomic mass is 9.81. The van der Waals surface area contributed by atoms with Crippen LogP contribution in [0.25, 0.3) is 0 Å². The molecule has 0 radical (unpaired) electrons. The van der Waals surface area contributed by atoms with Gasteiger partial charge in [0, 0.05) is 17.7 Å². The van der Waals surface area contributed by atoms with Crippen LogP contribution >= 0.6 is 0 Å². The lowest BCUT2D eigenvalue weighted by molar-refractivity contribution is -0.124. The second-order valence-electron chi connectivity index (χ2n) is 11.3. The van der Waals surface area contributed by atoms with Gasteiger partial charge in [-0.05, 0) is 54.7 Å². The summed E-state index contributed by atoms with van der Waals surface area (Å²) in [5, 5.41) is 16.1. The molecule has 1 aromatic rings. The number of hydrogen-bond acceptors (Lipinski definition) is 5. The third-order valence-electron chi connectivity index (χ3n) is 7.40. The number of nitrogens with one attached hydrogen (secondary N) is 2. The highest BCUT2D eigenvalue weighted by atomic mass is 16.5. The van der Waals surface area contributed by atoms with Crippen LogP contribution in [0.1, 0.15) is 89.1 Å². The van der Waals surface area contributed by atoms with Crippen LogP contribution in [0.3, 0.4) is 0 Å². The summed E-state index contributed by atoms with van der Waals surface area (Å²) in [4.78, 5) is 38.6. The topological polar surface area (TPSA) is 105 Å². The van der Waals surface area contributed by atoms with Crippen molar-refractivity contribution in [3.05, 3.63) is 29.3 Å². The van der Waals surface area contributed by atoms with Crippen molar-refractivity contribution in [1.29, 1.82) is 0 Å². The largest absolute Gasteiger partial charge is 0.508 e. The van der Waals surface area contributed by atoms with Gasteiger partial charge in [0.1, 0.15) is 18.4 Å². The molecule has 1 aromatic carbocycles. The fourth-order valence-electron chi connectivity index (χ4n) is 5.26. The number of Topliss-reactive ketones (excluding diaryl/α,β-unsaturated/α-hetero) is 1. The monoisotopic (exact) mass is 472 g/mol. The quantitative estimate of drug-likeness (QED) is 0.533. The molecule has 2 fully saturated rings. The van der Waals surface area contributed by atoms with Gasteiger partial charge >= 0.3 is 0 Å². The minimum absolute atomic E-state index is 0.00860. The molecular formula is C27H40N2O5. The molecule has 0 bridgehead atoms. The number of carbonyl (C=O) groups excluding carboxylic acids is 3. The highest BCUT2D eigenvalue weighted by Gasteiger charge is 2.38. The number of carbonyl (C=O) groups is 3. The van der Waals surface area contributed by atoms with Crippen LogP contribution in [-0.4, -0.2) is 48.0 Å². The van der Waals surface area contributed by atoms with Crippen LogP contribution in [0, 0.1) is 11.3 Å². The van der Waals surface area contributed by atoms with Crippen molar-refractivity contribution >= 4 is 17.6 Å². The van der Waals surface area contributed by atoms with Gasteiger partial charge in [0.15, 0.2) is 5.78 Å². The molecule has 3 rings (SSSR count). The number of benzene rings is 1. The van der Waals surface area contributed by atoms with Gasteiger partial charge < -0.3 is 20.5 Å². The standard InChI is InChI=1S/C27H40N2O5/c1-6-23-18(22(31)16-34-23)15-28-25(33)20(14-27(5)11-7-8-12-27)29-24(32)17-9-10-21(30)19(13-17)26(2,3)4/h9-10,13,18,20,23,30H,6-8,11-12,14-16H2,1-5H3,(H,28,33)(H,29,32)/t18?,20-,23-/m0/s1. The van der Waals surface area contributed by atoms with Gasteiger partial charge in [-0.25, -0.2) is 0 Å². The lowest BCUT2D eigenvalue weighted by Crippen LogP contribution is -2.50. The normalized spacial score (nSPS) is 23.0. The highest BCUT2D eigenvalue weighted by Crippen LogP contribution is 2.41. The van der Waals surface area contributed by atoms with Crippen molar-refractivity contribution < 1.29 is 24.2 Å². The van der Waals surface area contributed by atoms with E-state index in [-0.39, 0.29) is 59.4 Å². The van der Waals surface area contributed by atoms with Crippen molar-refractivity contribution in [3.63, 3.8) is 0 Å². The van der Waals surface area contributed by atoms with E-state index in [1.165, 1.54) is 6.07 Å². The first-order valence-electron chi connectivity index (χ1n) is 12.5. The maximum absolute atomic E-state index is 13.3. The summed E-state index contributed by atoms with van der Waals surface area (Å²) in [6.07, 6.45) is 5.36. The SMILES string of the molecule is CC[C@@H]1OCC(=O)C1CNC(=O)[C@H](CC1(C)CCCC1)NC(=O)c1ccc(O)c(C(C)(C)C)c1. The average Bonchev–Trinajstić information content (AvgIpc) is 3.36. The number of ketones is 1. The van der Waals surface area contributed by atoms with Gasteiger partial charge in [-0.3, -0.25) is 14.4 Å². The molecule has 1 saturated heterocycles. The van der Waals surface area contributed by atoms with Crippen molar-refractivity contribution in [1.82, 2.24) is 10.6 Å². The molecule has 0 spiro atoms. The number of hydrogen-bond donors (Lipinski definition) is 3. The summed E-state index contributed by atoms with van der Waals surface area (Å²) in [6.45, 7) is 10.4. The Morgan fingerprint density at radius 1 is 1.24 bits per heavy atom. The summed E-state index contributed by atoms with van der Waals surface area (Å²) in [6, 6.07) is 4.09. The Morgan fingerprint density at radius 3 is 2.53 bits per heavy atom. The minimum atomic E-state index is -0.708. The number of amides is 2. The molecule has 3 atom stereocenters. The Kier molecular flexibility index (Phi) is 8.06. The first-order chi connectivity index (χ1) is 15.9. The third kappa shape index (κ3) is 6.17. The molecule has 1 aliphatic carbocycles. The van der Waals surface area contributed by atoms with Crippen LogP contribution in [0.15, 0.2) is 18.2 Å². The van der Waals surface area contributed by atoms with E-state index in [1.54, 1.807) is 12.1 Å².